The van der Waals surface area contributed by atoms with E-state index in [0.717, 1.165) is 0 Å². The first-order chi connectivity index (χ1) is 4.63. The van der Waals surface area contributed by atoms with Crippen molar-refractivity contribution in [3.8, 4) is 0 Å². The lowest BCUT2D eigenvalue weighted by Gasteiger charge is -2.05. The molecule has 1 rings (SSSR count). The van der Waals surface area contributed by atoms with E-state index >= 15 is 0 Å². The van der Waals surface area contributed by atoms with Crippen LogP contribution < -0.4 is 5.73 Å². The van der Waals surface area contributed by atoms with Crippen LogP contribution >= 0.6 is 12.2 Å². The summed E-state index contributed by atoms with van der Waals surface area (Å²) >= 11 is 4.91. The third-order valence-corrected chi connectivity index (χ3v) is 1.54. The Morgan fingerprint density at radius 3 is 2.50 bits per heavy atom. The fourth-order valence-electron chi connectivity index (χ4n) is 0.816. The monoisotopic (exact) mass is 158 g/mol. The van der Waals surface area contributed by atoms with Crippen LogP contribution in [0.3, 0.4) is 0 Å². The number of hydrogen-bond acceptors (Lipinski definition) is 3. The standard InChI is InChI=1S/C5H10N4S/c1-3(2)9-4(6)7-8-5(9)10/h3H,1-2H3,(H2,6,7)(H,8,10). The van der Waals surface area contributed by atoms with E-state index in [2.05, 4.69) is 10.2 Å². The minimum absolute atomic E-state index is 0.270. The van der Waals surface area contributed by atoms with Gasteiger partial charge in [0.05, 0.1) is 0 Å². The molecule has 10 heavy (non-hydrogen) atoms. The van der Waals surface area contributed by atoms with Crippen molar-refractivity contribution in [3.05, 3.63) is 4.77 Å². The van der Waals surface area contributed by atoms with Gasteiger partial charge in [-0.2, -0.15) is 0 Å². The highest BCUT2D eigenvalue weighted by atomic mass is 32.1. The van der Waals surface area contributed by atoms with Crippen LogP contribution in [0.5, 0.6) is 0 Å². The molecule has 0 amide bonds. The second-order valence-corrected chi connectivity index (χ2v) is 2.74. The summed E-state index contributed by atoms with van der Waals surface area (Å²) < 4.78 is 2.34. The normalized spacial score (nSPS) is 10.7. The minimum Gasteiger partial charge on any atom is -0.368 e. The van der Waals surface area contributed by atoms with Crippen molar-refractivity contribution in [3.63, 3.8) is 0 Å². The van der Waals surface area contributed by atoms with E-state index in [0.29, 0.717) is 10.7 Å². The Morgan fingerprint density at radius 1 is 1.70 bits per heavy atom. The van der Waals surface area contributed by atoms with Crippen LogP contribution in [0, 0.1) is 4.77 Å². The Kier molecular flexibility index (Phi) is 1.76. The summed E-state index contributed by atoms with van der Waals surface area (Å²) in [6.07, 6.45) is 0. The molecular formula is C5H10N4S. The fourth-order valence-corrected chi connectivity index (χ4v) is 1.17. The molecule has 0 saturated heterocycles. The van der Waals surface area contributed by atoms with Crippen LogP contribution in [0.1, 0.15) is 19.9 Å². The lowest BCUT2D eigenvalue weighted by Crippen LogP contribution is -2.05. The summed E-state index contributed by atoms with van der Waals surface area (Å²) in [5, 5.41) is 6.37. The van der Waals surface area contributed by atoms with Gasteiger partial charge in [0.25, 0.3) is 0 Å². The van der Waals surface area contributed by atoms with Gasteiger partial charge in [0, 0.05) is 6.04 Å². The third-order valence-electron chi connectivity index (χ3n) is 1.25. The number of nitrogens with one attached hydrogen (secondary N) is 1. The predicted molar refractivity (Wildman–Crippen MR) is 42.2 cm³/mol. The fraction of sp³-hybridized carbons (Fsp3) is 0.600. The third kappa shape index (κ3) is 1.04. The molecule has 1 aromatic heterocycles. The first-order valence-corrected chi connectivity index (χ1v) is 3.46. The minimum atomic E-state index is 0.270. The van der Waals surface area contributed by atoms with Gasteiger partial charge in [0.2, 0.25) is 5.95 Å². The second-order valence-electron chi connectivity index (χ2n) is 2.35. The van der Waals surface area contributed by atoms with Crippen molar-refractivity contribution in [1.29, 1.82) is 0 Å². The Morgan fingerprint density at radius 2 is 2.30 bits per heavy atom. The predicted octanol–water partition coefficient (Wildman–Crippen LogP) is 1.10. The van der Waals surface area contributed by atoms with Crippen LogP contribution in [-0.2, 0) is 0 Å². The summed E-state index contributed by atoms with van der Waals surface area (Å²) in [4.78, 5) is 0. The van der Waals surface area contributed by atoms with Gasteiger partial charge < -0.3 is 5.73 Å². The van der Waals surface area contributed by atoms with Gasteiger partial charge in [-0.15, -0.1) is 5.10 Å². The highest BCUT2D eigenvalue weighted by molar-refractivity contribution is 7.71. The summed E-state index contributed by atoms with van der Waals surface area (Å²) in [5.41, 5.74) is 5.50. The zero-order valence-electron chi connectivity index (χ0n) is 5.96. The van der Waals surface area contributed by atoms with Gasteiger partial charge in [0.1, 0.15) is 0 Å². The number of H-pyrrole nitrogens is 1. The van der Waals surface area contributed by atoms with Gasteiger partial charge in [0.15, 0.2) is 4.77 Å². The Hall–Kier alpha value is -0.840. The summed E-state index contributed by atoms with van der Waals surface area (Å²) in [6, 6.07) is 0.270. The van der Waals surface area contributed by atoms with Crippen molar-refractivity contribution in [2.75, 3.05) is 5.73 Å². The molecule has 0 bridgehead atoms. The number of nitrogen functional groups attached to an aromatic ring is 1. The second kappa shape index (κ2) is 2.42. The molecule has 0 atom stereocenters. The van der Waals surface area contributed by atoms with Crippen molar-refractivity contribution in [2.24, 2.45) is 0 Å². The number of aromatic nitrogens is 3. The molecule has 0 saturated carbocycles. The van der Waals surface area contributed by atoms with Crippen molar-refractivity contribution < 1.29 is 0 Å². The molecule has 4 nitrogen and oxygen atoms in total. The van der Waals surface area contributed by atoms with E-state index in [4.69, 9.17) is 18.0 Å². The van der Waals surface area contributed by atoms with Gasteiger partial charge in [-0.05, 0) is 26.1 Å². The molecule has 0 aliphatic carbocycles. The van der Waals surface area contributed by atoms with Crippen LogP contribution in [0.15, 0.2) is 0 Å². The van der Waals surface area contributed by atoms with Gasteiger partial charge in [-0.3, -0.25) is 4.57 Å². The molecule has 3 N–H and O–H groups in total. The molecule has 0 unspecified atom stereocenters. The van der Waals surface area contributed by atoms with Gasteiger partial charge in [-0.25, -0.2) is 5.10 Å². The maximum absolute atomic E-state index is 5.50. The van der Waals surface area contributed by atoms with Crippen LogP contribution in [0.25, 0.3) is 0 Å². The molecule has 0 spiro atoms. The van der Waals surface area contributed by atoms with Crippen molar-refractivity contribution in [2.45, 2.75) is 19.9 Å². The Labute approximate surface area is 64.1 Å². The topological polar surface area (TPSA) is 59.6 Å². The smallest absolute Gasteiger partial charge is 0.220 e. The highest BCUT2D eigenvalue weighted by Crippen LogP contribution is 2.08. The average molecular weight is 158 g/mol. The summed E-state index contributed by atoms with van der Waals surface area (Å²) in [6.45, 7) is 4.00. The molecule has 0 aliphatic heterocycles. The average Bonchev–Trinajstić information content (AvgIpc) is 2.11. The first kappa shape index (κ1) is 7.27. The Bertz CT molecular complexity index is 271. The maximum atomic E-state index is 5.50. The number of hydrogen-bond donors (Lipinski definition) is 2. The van der Waals surface area contributed by atoms with E-state index in [1.165, 1.54) is 0 Å². The molecule has 1 aromatic rings. The summed E-state index contributed by atoms with van der Waals surface area (Å²) in [7, 11) is 0. The van der Waals surface area contributed by atoms with E-state index in [1.54, 1.807) is 4.57 Å². The van der Waals surface area contributed by atoms with Crippen LogP contribution in [0.4, 0.5) is 5.95 Å². The molecule has 0 fully saturated rings. The van der Waals surface area contributed by atoms with E-state index in [1.807, 2.05) is 13.8 Å². The molecule has 0 aliphatic rings. The molecule has 56 valence electrons. The maximum Gasteiger partial charge on any atom is 0.220 e. The summed E-state index contributed by atoms with van der Waals surface area (Å²) in [5.74, 6) is 0.444. The molecule has 0 aromatic carbocycles. The van der Waals surface area contributed by atoms with Gasteiger partial charge in [-0.1, -0.05) is 0 Å². The van der Waals surface area contributed by atoms with Crippen LogP contribution in [0.2, 0.25) is 0 Å². The lowest BCUT2D eigenvalue weighted by molar-refractivity contribution is 0.599. The van der Waals surface area contributed by atoms with E-state index in [-0.39, 0.29) is 6.04 Å². The number of aromatic amines is 1. The zero-order chi connectivity index (χ0) is 7.72. The molecule has 0 radical (unpaired) electrons. The van der Waals surface area contributed by atoms with E-state index < -0.39 is 0 Å². The number of nitrogens with two attached hydrogens (primary N) is 1. The molecule has 5 heteroatoms. The van der Waals surface area contributed by atoms with Crippen molar-refractivity contribution in [1.82, 2.24) is 14.8 Å². The first-order valence-electron chi connectivity index (χ1n) is 3.05. The zero-order valence-corrected chi connectivity index (χ0v) is 6.77. The SMILES string of the molecule is CC(C)n1c(N)n[nH]c1=S. The number of anilines is 1. The lowest BCUT2D eigenvalue weighted by atomic mass is 10.4. The van der Waals surface area contributed by atoms with Gasteiger partial charge >= 0.3 is 0 Å². The molecular weight excluding hydrogens is 148 g/mol. The van der Waals surface area contributed by atoms with Crippen molar-refractivity contribution >= 4 is 18.2 Å². The van der Waals surface area contributed by atoms with Crippen LogP contribution in [-0.4, -0.2) is 14.8 Å². The Balaban J connectivity index is 3.23. The largest absolute Gasteiger partial charge is 0.368 e. The highest BCUT2D eigenvalue weighted by Gasteiger charge is 2.03. The molecule has 1 heterocycles. The van der Waals surface area contributed by atoms with E-state index in [9.17, 15) is 0 Å². The number of nitrogens with zero attached hydrogens (tertiary/aromatic N) is 2. The number of rotatable bonds is 1. The quantitative estimate of drug-likeness (QED) is 0.602.